The summed E-state index contributed by atoms with van der Waals surface area (Å²) in [5, 5.41) is 19.6. The zero-order valence-corrected chi connectivity index (χ0v) is 18.1. The number of carboxylic acids is 1. The molecule has 0 amide bonds. The largest absolute Gasteiger partial charge is 0.504 e. The van der Waals surface area contributed by atoms with Gasteiger partial charge in [-0.1, -0.05) is 11.6 Å². The van der Waals surface area contributed by atoms with Crippen LogP contribution in [0.1, 0.15) is 5.56 Å². The highest BCUT2D eigenvalue weighted by molar-refractivity contribution is 9.11. The molecule has 3 rings (SSSR count). The fourth-order valence-electron chi connectivity index (χ4n) is 2.37. The first kappa shape index (κ1) is 20.5. The maximum atomic E-state index is 10.9. The summed E-state index contributed by atoms with van der Waals surface area (Å²) >= 11 is 12.7. The number of phenolic OH excluding ortho intramolecular Hbond substituents is 1. The predicted molar refractivity (Wildman–Crippen MR) is 113 cm³/mol. The van der Waals surface area contributed by atoms with Crippen molar-refractivity contribution in [2.75, 3.05) is 0 Å². The first-order valence-corrected chi connectivity index (χ1v) is 9.92. The number of aliphatic carboxylic acids is 1. The molecule has 2 N–H and O–H groups in total. The van der Waals surface area contributed by atoms with Crippen LogP contribution in [-0.4, -0.2) is 16.2 Å². The molecule has 28 heavy (non-hydrogen) atoms. The van der Waals surface area contributed by atoms with Gasteiger partial charge in [0.25, 0.3) is 0 Å². The monoisotopic (exact) mass is 526 g/mol. The molecule has 0 bridgehead atoms. The molecule has 0 aliphatic heterocycles. The number of ether oxygens (including phenoxy) is 2. The third-order valence-electron chi connectivity index (χ3n) is 3.61. The minimum absolute atomic E-state index is 0.0442. The van der Waals surface area contributed by atoms with E-state index in [1.807, 2.05) is 0 Å². The second-order valence-corrected chi connectivity index (χ2v) is 7.89. The van der Waals surface area contributed by atoms with Crippen LogP contribution in [0.25, 0.3) is 0 Å². The molecule has 0 aliphatic carbocycles. The summed E-state index contributed by atoms with van der Waals surface area (Å²) in [6.45, 7) is 0. The third kappa shape index (κ3) is 5.19. The summed E-state index contributed by atoms with van der Waals surface area (Å²) in [7, 11) is 0. The molecule has 0 unspecified atom stereocenters. The van der Waals surface area contributed by atoms with E-state index in [2.05, 4.69) is 31.9 Å². The van der Waals surface area contributed by atoms with E-state index in [4.69, 9.17) is 26.2 Å². The Morgan fingerprint density at radius 1 is 0.929 bits per heavy atom. The number of carbonyl (C=O) groups is 1. The van der Waals surface area contributed by atoms with Gasteiger partial charge in [0.15, 0.2) is 17.2 Å². The van der Waals surface area contributed by atoms with Gasteiger partial charge >= 0.3 is 5.97 Å². The summed E-state index contributed by atoms with van der Waals surface area (Å²) in [5.41, 5.74) is 0.621. The molecule has 0 atom stereocenters. The Balaban J connectivity index is 1.85. The third-order valence-corrected chi connectivity index (χ3v) is 5.04. The van der Waals surface area contributed by atoms with Crippen molar-refractivity contribution in [2.45, 2.75) is 6.42 Å². The van der Waals surface area contributed by atoms with E-state index in [0.29, 0.717) is 36.8 Å². The summed E-state index contributed by atoms with van der Waals surface area (Å²) in [5.74, 6) is 0.658. The number of phenols is 1. The minimum atomic E-state index is -0.921. The molecule has 0 radical (unpaired) electrons. The van der Waals surface area contributed by atoms with Crippen LogP contribution in [0, 0.1) is 0 Å². The first-order valence-electron chi connectivity index (χ1n) is 7.96. The molecule has 3 aromatic carbocycles. The van der Waals surface area contributed by atoms with Gasteiger partial charge in [-0.3, -0.25) is 4.79 Å². The Kier molecular flexibility index (Phi) is 6.49. The lowest BCUT2D eigenvalue weighted by Crippen LogP contribution is -2.00. The Morgan fingerprint density at radius 2 is 1.54 bits per heavy atom. The summed E-state index contributed by atoms with van der Waals surface area (Å²) < 4.78 is 12.8. The summed E-state index contributed by atoms with van der Waals surface area (Å²) in [6.07, 6.45) is -0.101. The van der Waals surface area contributed by atoms with Gasteiger partial charge in [0.05, 0.1) is 15.4 Å². The van der Waals surface area contributed by atoms with E-state index < -0.39 is 5.97 Å². The molecule has 0 heterocycles. The lowest BCUT2D eigenvalue weighted by Gasteiger charge is -2.13. The Labute approximate surface area is 182 Å². The smallest absolute Gasteiger partial charge is 0.307 e. The van der Waals surface area contributed by atoms with Crippen LogP contribution in [-0.2, 0) is 11.2 Å². The SMILES string of the molecule is O=C(O)Cc1cc(Br)c(Oc2ccc(O)c(Oc3ccc(Cl)cc3)c2)c(Br)c1. The highest BCUT2D eigenvalue weighted by Crippen LogP contribution is 2.41. The molecule has 144 valence electrons. The van der Waals surface area contributed by atoms with E-state index in [9.17, 15) is 9.90 Å². The van der Waals surface area contributed by atoms with Gasteiger partial charge in [-0.2, -0.15) is 0 Å². The van der Waals surface area contributed by atoms with Crippen LogP contribution >= 0.6 is 43.5 Å². The van der Waals surface area contributed by atoms with Crippen molar-refractivity contribution in [2.24, 2.45) is 0 Å². The molecule has 0 fully saturated rings. The van der Waals surface area contributed by atoms with Crippen LogP contribution in [0.5, 0.6) is 28.7 Å². The van der Waals surface area contributed by atoms with E-state index in [-0.39, 0.29) is 17.9 Å². The van der Waals surface area contributed by atoms with E-state index in [1.54, 1.807) is 48.5 Å². The molecule has 5 nitrogen and oxygen atoms in total. The molecule has 0 saturated carbocycles. The van der Waals surface area contributed by atoms with E-state index in [1.165, 1.54) is 6.07 Å². The van der Waals surface area contributed by atoms with Crippen LogP contribution < -0.4 is 9.47 Å². The van der Waals surface area contributed by atoms with Crippen molar-refractivity contribution in [3.05, 3.63) is 74.1 Å². The highest BCUT2D eigenvalue weighted by atomic mass is 79.9. The number of hydrogen-bond acceptors (Lipinski definition) is 4. The van der Waals surface area contributed by atoms with Gasteiger partial charge in [-0.05, 0) is 86.0 Å². The maximum Gasteiger partial charge on any atom is 0.307 e. The molecule has 0 aliphatic rings. The average Bonchev–Trinajstić information content (AvgIpc) is 2.62. The zero-order chi connectivity index (χ0) is 20.3. The van der Waals surface area contributed by atoms with Gasteiger partial charge in [-0.25, -0.2) is 0 Å². The topological polar surface area (TPSA) is 76.0 Å². The number of rotatable bonds is 6. The van der Waals surface area contributed by atoms with Gasteiger partial charge in [-0.15, -0.1) is 0 Å². The molecule has 3 aromatic rings. The first-order chi connectivity index (χ1) is 13.3. The van der Waals surface area contributed by atoms with Gasteiger partial charge in [0.1, 0.15) is 11.5 Å². The molecule has 0 aromatic heterocycles. The van der Waals surface area contributed by atoms with Gasteiger partial charge in [0.2, 0.25) is 0 Å². The van der Waals surface area contributed by atoms with Crippen LogP contribution in [0.2, 0.25) is 5.02 Å². The Hall–Kier alpha value is -2.22. The molecular weight excluding hydrogens is 515 g/mol. The predicted octanol–water partition coefficient (Wildman–Crippen LogP) is 6.78. The van der Waals surface area contributed by atoms with Crippen LogP contribution in [0.15, 0.2) is 63.5 Å². The quantitative estimate of drug-likeness (QED) is 0.369. The standard InChI is InChI=1S/C20H13Br2ClO5/c21-15-7-11(9-19(25)26)8-16(22)20(15)28-14-5-6-17(24)18(10-14)27-13-3-1-12(23)2-4-13/h1-8,10,24H,9H2,(H,25,26). The lowest BCUT2D eigenvalue weighted by atomic mass is 10.1. The van der Waals surface area contributed by atoms with Crippen molar-refractivity contribution in [3.8, 4) is 28.7 Å². The number of benzene rings is 3. The molecule has 0 spiro atoms. The van der Waals surface area contributed by atoms with Gasteiger partial charge < -0.3 is 19.7 Å². The maximum absolute atomic E-state index is 10.9. The van der Waals surface area contributed by atoms with Crippen molar-refractivity contribution < 1.29 is 24.5 Å². The number of aromatic hydroxyl groups is 1. The molecule has 8 heteroatoms. The zero-order valence-electron chi connectivity index (χ0n) is 14.2. The Morgan fingerprint density at radius 3 is 2.14 bits per heavy atom. The number of halogens is 3. The number of carboxylic acid groups (broad SMARTS) is 1. The summed E-state index contributed by atoms with van der Waals surface area (Å²) in [6, 6.07) is 14.7. The van der Waals surface area contributed by atoms with Crippen LogP contribution in [0.3, 0.4) is 0 Å². The lowest BCUT2D eigenvalue weighted by molar-refractivity contribution is -0.136. The molecule has 0 saturated heterocycles. The second kappa shape index (κ2) is 8.86. The highest BCUT2D eigenvalue weighted by Gasteiger charge is 2.14. The average molecular weight is 529 g/mol. The van der Waals surface area contributed by atoms with Crippen molar-refractivity contribution in [1.29, 1.82) is 0 Å². The van der Waals surface area contributed by atoms with E-state index >= 15 is 0 Å². The minimum Gasteiger partial charge on any atom is -0.504 e. The fraction of sp³-hybridized carbons (Fsp3) is 0.0500. The van der Waals surface area contributed by atoms with Crippen molar-refractivity contribution in [3.63, 3.8) is 0 Å². The van der Waals surface area contributed by atoms with Gasteiger partial charge in [0, 0.05) is 11.1 Å². The normalized spacial score (nSPS) is 10.5. The summed E-state index contributed by atoms with van der Waals surface area (Å²) in [4.78, 5) is 10.9. The Bertz CT molecular complexity index is 999. The van der Waals surface area contributed by atoms with E-state index in [0.717, 1.165) is 0 Å². The molecular formula is C20H13Br2ClO5. The van der Waals surface area contributed by atoms with Crippen LogP contribution in [0.4, 0.5) is 0 Å². The fourth-order valence-corrected chi connectivity index (χ4v) is 3.94. The van der Waals surface area contributed by atoms with Crippen molar-refractivity contribution >= 4 is 49.4 Å². The second-order valence-electron chi connectivity index (χ2n) is 5.75. The number of hydrogen-bond donors (Lipinski definition) is 2. The van der Waals surface area contributed by atoms with Crippen molar-refractivity contribution in [1.82, 2.24) is 0 Å².